The Bertz CT molecular complexity index is 536. The summed E-state index contributed by atoms with van der Waals surface area (Å²) in [6.07, 6.45) is 14.4. The summed E-state index contributed by atoms with van der Waals surface area (Å²) in [4.78, 5) is 23.9. The molecule has 28 heavy (non-hydrogen) atoms. The molecule has 1 aromatic carbocycles. The van der Waals surface area contributed by atoms with Crippen molar-refractivity contribution in [3.63, 3.8) is 0 Å². The van der Waals surface area contributed by atoms with Gasteiger partial charge in [-0.3, -0.25) is 0 Å². The lowest BCUT2D eigenvalue weighted by Gasteiger charge is -2.07. The molecule has 0 radical (unpaired) electrons. The molecule has 1 rings (SSSR count). The number of benzene rings is 1. The molecule has 1 aromatic rings. The van der Waals surface area contributed by atoms with Crippen LogP contribution in [0.25, 0.3) is 0 Å². The Labute approximate surface area is 171 Å². The van der Waals surface area contributed by atoms with Crippen LogP contribution in [0.3, 0.4) is 0 Å². The molecule has 0 aliphatic carbocycles. The van der Waals surface area contributed by atoms with Gasteiger partial charge in [-0.25, -0.2) is 9.59 Å². The largest absolute Gasteiger partial charge is 0.462 e. The van der Waals surface area contributed by atoms with Crippen LogP contribution in [0.4, 0.5) is 0 Å². The topological polar surface area (TPSA) is 52.6 Å². The van der Waals surface area contributed by atoms with Crippen LogP contribution in [0.15, 0.2) is 24.3 Å². The predicted octanol–water partition coefficient (Wildman–Crippen LogP) is 6.72. The van der Waals surface area contributed by atoms with Gasteiger partial charge < -0.3 is 9.47 Å². The molecule has 0 heterocycles. The van der Waals surface area contributed by atoms with E-state index in [1.807, 2.05) is 6.92 Å². The minimum absolute atomic E-state index is 0.332. The second kappa shape index (κ2) is 16.1. The van der Waals surface area contributed by atoms with Crippen molar-refractivity contribution >= 4 is 11.9 Å². The van der Waals surface area contributed by atoms with E-state index in [0.29, 0.717) is 24.3 Å². The lowest BCUT2D eigenvalue weighted by Crippen LogP contribution is -2.09. The van der Waals surface area contributed by atoms with Gasteiger partial charge in [0.15, 0.2) is 0 Å². The van der Waals surface area contributed by atoms with Gasteiger partial charge in [-0.15, -0.1) is 0 Å². The summed E-state index contributed by atoms with van der Waals surface area (Å²) < 4.78 is 10.5. The summed E-state index contributed by atoms with van der Waals surface area (Å²) in [6.45, 7) is 5.17. The quantitative estimate of drug-likeness (QED) is 0.232. The predicted molar refractivity (Wildman–Crippen MR) is 114 cm³/mol. The van der Waals surface area contributed by atoms with Gasteiger partial charge in [-0.05, 0) is 37.1 Å². The third-order valence-corrected chi connectivity index (χ3v) is 4.82. The molecule has 0 bridgehead atoms. The molecule has 0 unspecified atom stereocenters. The number of esters is 2. The van der Waals surface area contributed by atoms with Gasteiger partial charge in [-0.1, -0.05) is 78.1 Å². The van der Waals surface area contributed by atoms with E-state index >= 15 is 0 Å². The van der Waals surface area contributed by atoms with E-state index in [0.717, 1.165) is 25.7 Å². The van der Waals surface area contributed by atoms with E-state index in [1.165, 1.54) is 51.4 Å². The maximum atomic E-state index is 12.1. The third-order valence-electron chi connectivity index (χ3n) is 4.82. The van der Waals surface area contributed by atoms with Gasteiger partial charge in [0.2, 0.25) is 0 Å². The van der Waals surface area contributed by atoms with E-state index in [4.69, 9.17) is 9.47 Å². The Morgan fingerprint density at radius 2 is 0.929 bits per heavy atom. The summed E-state index contributed by atoms with van der Waals surface area (Å²) in [5.41, 5.74) is 0.930. The van der Waals surface area contributed by atoms with Gasteiger partial charge in [-0.2, -0.15) is 0 Å². The first-order valence-corrected chi connectivity index (χ1v) is 11.1. The van der Waals surface area contributed by atoms with Gasteiger partial charge in [0, 0.05) is 0 Å². The molecule has 0 saturated carbocycles. The molecule has 0 aliphatic heterocycles. The van der Waals surface area contributed by atoms with Gasteiger partial charge >= 0.3 is 11.9 Å². The second-order valence-corrected chi connectivity index (χ2v) is 7.38. The Balaban J connectivity index is 2.11. The molecule has 158 valence electrons. The molecule has 0 atom stereocenters. The molecule has 0 aliphatic rings. The van der Waals surface area contributed by atoms with Crippen molar-refractivity contribution in [3.8, 4) is 0 Å². The molecule has 0 fully saturated rings. The summed E-state index contributed by atoms with van der Waals surface area (Å²) in [5, 5.41) is 0. The number of unbranched alkanes of at least 4 members (excludes halogenated alkanes) is 10. The molecule has 4 heteroatoms. The minimum Gasteiger partial charge on any atom is -0.462 e. The fraction of sp³-hybridized carbons (Fsp3) is 0.667. The van der Waals surface area contributed by atoms with Crippen LogP contribution in [0, 0.1) is 0 Å². The highest BCUT2D eigenvalue weighted by Crippen LogP contribution is 2.11. The molecule has 0 spiro atoms. The number of hydrogen-bond donors (Lipinski definition) is 0. The van der Waals surface area contributed by atoms with Crippen molar-refractivity contribution in [1.82, 2.24) is 0 Å². The number of carbonyl (C=O) groups is 2. The average molecular weight is 391 g/mol. The van der Waals surface area contributed by atoms with Crippen LogP contribution in [0.1, 0.15) is 112 Å². The highest BCUT2D eigenvalue weighted by atomic mass is 16.5. The van der Waals surface area contributed by atoms with Crippen LogP contribution >= 0.6 is 0 Å². The first-order valence-electron chi connectivity index (χ1n) is 11.1. The van der Waals surface area contributed by atoms with E-state index in [9.17, 15) is 9.59 Å². The van der Waals surface area contributed by atoms with E-state index in [-0.39, 0.29) is 11.9 Å². The van der Waals surface area contributed by atoms with Crippen LogP contribution in [-0.4, -0.2) is 25.2 Å². The summed E-state index contributed by atoms with van der Waals surface area (Å²) in [7, 11) is 0. The second-order valence-electron chi connectivity index (χ2n) is 7.38. The Morgan fingerprint density at radius 1 is 0.571 bits per heavy atom. The van der Waals surface area contributed by atoms with E-state index in [2.05, 4.69) is 6.92 Å². The zero-order valence-corrected chi connectivity index (χ0v) is 17.8. The van der Waals surface area contributed by atoms with Crippen molar-refractivity contribution in [3.05, 3.63) is 35.4 Å². The van der Waals surface area contributed by atoms with E-state index in [1.54, 1.807) is 24.3 Å². The van der Waals surface area contributed by atoms with E-state index < -0.39 is 0 Å². The lowest BCUT2D eigenvalue weighted by atomic mass is 10.1. The minimum atomic E-state index is -0.348. The van der Waals surface area contributed by atoms with Crippen LogP contribution in [-0.2, 0) is 9.47 Å². The van der Waals surface area contributed by atoms with Crippen LogP contribution < -0.4 is 0 Å². The highest BCUT2D eigenvalue weighted by molar-refractivity contribution is 5.93. The highest BCUT2D eigenvalue weighted by Gasteiger charge is 2.10. The Morgan fingerprint density at radius 3 is 1.36 bits per heavy atom. The zero-order chi connectivity index (χ0) is 20.5. The standard InChI is InChI=1S/C24H38O4/c1-3-5-7-8-9-10-11-12-13-14-20-28-24(26)22-17-15-21(16-18-22)23(25)27-19-6-4-2/h15-18H,3-14,19-20H2,1-2H3. The Kier molecular flexibility index (Phi) is 14.0. The summed E-state index contributed by atoms with van der Waals surface area (Å²) >= 11 is 0. The van der Waals surface area contributed by atoms with Crippen molar-refractivity contribution in [2.75, 3.05) is 13.2 Å². The number of rotatable bonds is 16. The first-order chi connectivity index (χ1) is 13.7. The fourth-order valence-electron chi connectivity index (χ4n) is 2.97. The monoisotopic (exact) mass is 390 g/mol. The number of hydrogen-bond acceptors (Lipinski definition) is 4. The number of carbonyl (C=O) groups excluding carboxylic acids is 2. The zero-order valence-electron chi connectivity index (χ0n) is 17.8. The Hall–Kier alpha value is -1.84. The molecular weight excluding hydrogens is 352 g/mol. The maximum Gasteiger partial charge on any atom is 0.338 e. The number of ether oxygens (including phenoxy) is 2. The summed E-state index contributed by atoms with van der Waals surface area (Å²) in [5.74, 6) is -0.680. The van der Waals surface area contributed by atoms with Crippen molar-refractivity contribution in [2.24, 2.45) is 0 Å². The molecule has 4 nitrogen and oxygen atoms in total. The maximum absolute atomic E-state index is 12.1. The SMILES string of the molecule is CCCCCCCCCCCCOC(=O)c1ccc(C(=O)OCCCC)cc1. The average Bonchev–Trinajstić information content (AvgIpc) is 2.72. The fourth-order valence-corrected chi connectivity index (χ4v) is 2.97. The molecular formula is C24H38O4. The van der Waals surface area contributed by atoms with Gasteiger partial charge in [0.05, 0.1) is 24.3 Å². The van der Waals surface area contributed by atoms with Crippen LogP contribution in [0.2, 0.25) is 0 Å². The molecule has 0 N–H and O–H groups in total. The van der Waals surface area contributed by atoms with Crippen molar-refractivity contribution in [2.45, 2.75) is 90.9 Å². The summed E-state index contributed by atoms with van der Waals surface area (Å²) in [6, 6.07) is 6.48. The smallest absolute Gasteiger partial charge is 0.338 e. The van der Waals surface area contributed by atoms with Gasteiger partial charge in [0.25, 0.3) is 0 Å². The molecule has 0 saturated heterocycles. The molecule has 0 aromatic heterocycles. The lowest BCUT2D eigenvalue weighted by molar-refractivity contribution is 0.0484. The molecule has 0 amide bonds. The normalized spacial score (nSPS) is 10.6. The van der Waals surface area contributed by atoms with Crippen molar-refractivity contribution in [1.29, 1.82) is 0 Å². The van der Waals surface area contributed by atoms with Crippen molar-refractivity contribution < 1.29 is 19.1 Å². The first kappa shape index (κ1) is 24.2. The third kappa shape index (κ3) is 11.1. The van der Waals surface area contributed by atoms with Gasteiger partial charge in [0.1, 0.15) is 0 Å². The van der Waals surface area contributed by atoms with Crippen LogP contribution in [0.5, 0.6) is 0 Å².